The lowest BCUT2D eigenvalue weighted by molar-refractivity contribution is 0.268. The van der Waals surface area contributed by atoms with Gasteiger partial charge in [-0.25, -0.2) is 13.1 Å². The van der Waals surface area contributed by atoms with Crippen molar-refractivity contribution in [2.24, 2.45) is 5.84 Å². The molecule has 1 rings (SSSR count). The Bertz CT molecular complexity index is 532. The summed E-state index contributed by atoms with van der Waals surface area (Å²) in [5.41, 5.74) is 2.80. The van der Waals surface area contributed by atoms with E-state index in [9.17, 15) is 8.42 Å². The van der Waals surface area contributed by atoms with E-state index >= 15 is 0 Å². The van der Waals surface area contributed by atoms with Crippen molar-refractivity contribution in [3.63, 3.8) is 0 Å². The molecule has 1 aromatic rings. The molecule has 4 N–H and O–H groups in total. The molecule has 0 spiro atoms. The summed E-state index contributed by atoms with van der Waals surface area (Å²) in [5, 5.41) is 0. The molecule has 0 aliphatic carbocycles. The van der Waals surface area contributed by atoms with Crippen molar-refractivity contribution < 1.29 is 8.42 Å². The molecule has 0 atom stereocenters. The number of nitrogens with one attached hydrogen (secondary N) is 2. The van der Waals surface area contributed by atoms with Crippen LogP contribution in [0.2, 0.25) is 0 Å². The fourth-order valence-electron chi connectivity index (χ4n) is 1.85. The second-order valence-corrected chi connectivity index (χ2v) is 7.06. The minimum atomic E-state index is -3.53. The molecule has 0 aromatic heterocycles. The van der Waals surface area contributed by atoms with Gasteiger partial charge in [-0.3, -0.25) is 5.84 Å². The Morgan fingerprint density at radius 3 is 2.52 bits per heavy atom. The average Bonchev–Trinajstić information content (AvgIpc) is 2.46. The molecule has 0 saturated carbocycles. The van der Waals surface area contributed by atoms with Gasteiger partial charge in [-0.05, 0) is 52.4 Å². The zero-order chi connectivity index (χ0) is 15.9. The molecule has 0 heterocycles. The predicted molar refractivity (Wildman–Crippen MR) is 86.4 cm³/mol. The van der Waals surface area contributed by atoms with Crippen molar-refractivity contribution in [2.45, 2.75) is 37.6 Å². The number of benzene rings is 1. The number of para-hydroxylation sites is 1. The highest BCUT2D eigenvalue weighted by atomic mass is 32.2. The molecule has 0 aliphatic rings. The van der Waals surface area contributed by atoms with Crippen LogP contribution in [-0.4, -0.2) is 39.5 Å². The molecule has 0 aliphatic heterocycles. The number of sulfonamides is 1. The number of anilines is 1. The molecule has 7 heteroatoms. The second-order valence-electron chi connectivity index (χ2n) is 5.32. The average molecular weight is 314 g/mol. The molecule has 0 amide bonds. The maximum absolute atomic E-state index is 12.2. The van der Waals surface area contributed by atoms with Gasteiger partial charge in [0.05, 0.1) is 5.69 Å². The smallest absolute Gasteiger partial charge is 0.242 e. The van der Waals surface area contributed by atoms with Crippen molar-refractivity contribution in [1.29, 1.82) is 0 Å². The Balaban J connectivity index is 2.47. The first-order chi connectivity index (χ1) is 9.88. The Kier molecular flexibility index (Phi) is 7.10. The molecule has 21 heavy (non-hydrogen) atoms. The van der Waals surface area contributed by atoms with Crippen molar-refractivity contribution in [3.8, 4) is 0 Å². The van der Waals surface area contributed by atoms with E-state index in [1.165, 1.54) is 6.07 Å². The van der Waals surface area contributed by atoms with Crippen molar-refractivity contribution in [1.82, 2.24) is 9.62 Å². The van der Waals surface area contributed by atoms with Crippen LogP contribution in [0.15, 0.2) is 29.2 Å². The van der Waals surface area contributed by atoms with Crippen molar-refractivity contribution >= 4 is 15.7 Å². The highest BCUT2D eigenvalue weighted by molar-refractivity contribution is 7.89. The van der Waals surface area contributed by atoms with E-state index in [0.717, 1.165) is 19.4 Å². The first kappa shape index (κ1) is 17.9. The maximum atomic E-state index is 12.2. The zero-order valence-corrected chi connectivity index (χ0v) is 13.8. The summed E-state index contributed by atoms with van der Waals surface area (Å²) in [5.74, 6) is 5.34. The number of hydrogen-bond donors (Lipinski definition) is 3. The minimum absolute atomic E-state index is 0.173. The zero-order valence-electron chi connectivity index (χ0n) is 13.0. The molecular weight excluding hydrogens is 288 g/mol. The summed E-state index contributed by atoms with van der Waals surface area (Å²) >= 11 is 0. The molecule has 0 radical (unpaired) electrons. The van der Waals surface area contributed by atoms with E-state index in [1.54, 1.807) is 18.2 Å². The lowest BCUT2D eigenvalue weighted by atomic mass is 10.2. The fourth-order valence-corrected chi connectivity index (χ4v) is 3.09. The number of nitrogens with zero attached hydrogens (tertiary/aromatic N) is 1. The molecular formula is C14H26N4O2S. The number of hydrazine groups is 1. The van der Waals surface area contributed by atoms with Crippen molar-refractivity contribution in [3.05, 3.63) is 24.3 Å². The summed E-state index contributed by atoms with van der Waals surface area (Å²) in [6.45, 7) is 5.66. The van der Waals surface area contributed by atoms with Crippen molar-refractivity contribution in [2.75, 3.05) is 25.6 Å². The van der Waals surface area contributed by atoms with Gasteiger partial charge in [0.25, 0.3) is 0 Å². The van der Waals surface area contributed by atoms with E-state index in [1.807, 2.05) is 0 Å². The third-order valence-corrected chi connectivity index (χ3v) is 4.96. The van der Waals surface area contributed by atoms with Crippen LogP contribution >= 0.6 is 0 Å². The normalized spacial score (nSPS) is 12.1. The molecule has 0 unspecified atom stereocenters. The molecule has 120 valence electrons. The quantitative estimate of drug-likeness (QED) is 0.364. The monoisotopic (exact) mass is 314 g/mol. The standard InChI is InChI=1S/C14H26N4O2S/c1-12(2)18(3)11-7-6-10-16-21(19,20)14-9-5-4-8-13(14)17-15/h4-5,8-9,12,16-17H,6-7,10-11,15H2,1-3H3. The van der Waals surface area contributed by atoms with Crippen LogP contribution in [0.5, 0.6) is 0 Å². The van der Waals surface area contributed by atoms with Gasteiger partial charge < -0.3 is 10.3 Å². The number of hydrogen-bond acceptors (Lipinski definition) is 5. The van der Waals surface area contributed by atoms with Crippen LogP contribution in [0, 0.1) is 0 Å². The van der Waals surface area contributed by atoms with Gasteiger partial charge in [-0.1, -0.05) is 12.1 Å². The van der Waals surface area contributed by atoms with Crippen LogP contribution in [0.4, 0.5) is 5.69 Å². The van der Waals surface area contributed by atoms with Crippen LogP contribution < -0.4 is 16.0 Å². The highest BCUT2D eigenvalue weighted by Gasteiger charge is 2.16. The first-order valence-electron chi connectivity index (χ1n) is 7.14. The number of unbranched alkanes of at least 4 members (excludes halogenated alkanes) is 1. The fraction of sp³-hybridized carbons (Fsp3) is 0.571. The number of rotatable bonds is 9. The van der Waals surface area contributed by atoms with Crippen LogP contribution in [0.3, 0.4) is 0 Å². The highest BCUT2D eigenvalue weighted by Crippen LogP contribution is 2.19. The third kappa shape index (κ3) is 5.62. The van der Waals surface area contributed by atoms with Crippen LogP contribution in [0.25, 0.3) is 0 Å². The van der Waals surface area contributed by atoms with Gasteiger partial charge in [-0.2, -0.15) is 0 Å². The van der Waals surface area contributed by atoms with E-state index in [0.29, 0.717) is 18.3 Å². The lowest BCUT2D eigenvalue weighted by Crippen LogP contribution is -2.29. The van der Waals surface area contributed by atoms with Gasteiger partial charge in [-0.15, -0.1) is 0 Å². The number of nitrogens with two attached hydrogens (primary N) is 1. The predicted octanol–water partition coefficient (Wildman–Crippen LogP) is 1.37. The van der Waals surface area contributed by atoms with E-state index in [4.69, 9.17) is 5.84 Å². The van der Waals surface area contributed by atoms with Gasteiger partial charge in [0.1, 0.15) is 4.90 Å². The third-order valence-electron chi connectivity index (χ3n) is 3.44. The first-order valence-corrected chi connectivity index (χ1v) is 8.62. The Morgan fingerprint density at radius 1 is 1.24 bits per heavy atom. The van der Waals surface area contributed by atoms with E-state index < -0.39 is 10.0 Å². The van der Waals surface area contributed by atoms with Crippen LogP contribution in [0.1, 0.15) is 26.7 Å². The molecule has 1 aromatic carbocycles. The maximum Gasteiger partial charge on any atom is 0.242 e. The van der Waals surface area contributed by atoms with Gasteiger partial charge in [0, 0.05) is 12.6 Å². The molecule has 0 fully saturated rings. The molecule has 0 saturated heterocycles. The SMILES string of the molecule is CC(C)N(C)CCCCNS(=O)(=O)c1ccccc1NN. The molecule has 0 bridgehead atoms. The summed E-state index contributed by atoms with van der Waals surface area (Å²) < 4.78 is 27.0. The van der Waals surface area contributed by atoms with Gasteiger partial charge in [0.15, 0.2) is 0 Å². The Hall–Kier alpha value is -1.15. The summed E-state index contributed by atoms with van der Waals surface area (Å²) in [6, 6.07) is 7.07. The molecule has 6 nitrogen and oxygen atoms in total. The number of nitrogen functional groups attached to an aromatic ring is 1. The Morgan fingerprint density at radius 2 is 1.90 bits per heavy atom. The van der Waals surface area contributed by atoms with E-state index in [-0.39, 0.29) is 4.90 Å². The van der Waals surface area contributed by atoms with Crippen LogP contribution in [-0.2, 0) is 10.0 Å². The van der Waals surface area contributed by atoms with Gasteiger partial charge in [0.2, 0.25) is 10.0 Å². The summed E-state index contributed by atoms with van der Waals surface area (Å²) in [4.78, 5) is 2.41. The second kappa shape index (κ2) is 8.33. The Labute approximate surface area is 127 Å². The topological polar surface area (TPSA) is 87.5 Å². The summed E-state index contributed by atoms with van der Waals surface area (Å²) in [6.07, 6.45) is 1.75. The minimum Gasteiger partial charge on any atom is -0.323 e. The summed E-state index contributed by atoms with van der Waals surface area (Å²) in [7, 11) is -1.46. The van der Waals surface area contributed by atoms with Gasteiger partial charge >= 0.3 is 0 Å². The van der Waals surface area contributed by atoms with E-state index in [2.05, 4.69) is 35.9 Å². The largest absolute Gasteiger partial charge is 0.323 e. The lowest BCUT2D eigenvalue weighted by Gasteiger charge is -2.20.